The predicted octanol–water partition coefficient (Wildman–Crippen LogP) is -1.20. The molecule has 1 rings (SSSR count). The Labute approximate surface area is 59.6 Å². The van der Waals surface area contributed by atoms with Gasteiger partial charge >= 0.3 is 0 Å². The molecule has 1 fully saturated rings. The number of ether oxygens (including phenoxy) is 1. The average Bonchev–Trinajstić information content (AvgIpc) is 2.17. The van der Waals surface area contributed by atoms with E-state index < -0.39 is 18.4 Å². The molecule has 0 aromatic carbocycles. The summed E-state index contributed by atoms with van der Waals surface area (Å²) < 4.78 is 5.01. The lowest BCUT2D eigenvalue weighted by atomic mass is 10.1. The van der Waals surface area contributed by atoms with Crippen molar-refractivity contribution in [2.75, 3.05) is 0 Å². The van der Waals surface area contributed by atoms with Crippen LogP contribution in [-0.4, -0.2) is 34.8 Å². The van der Waals surface area contributed by atoms with Crippen molar-refractivity contribution in [3.63, 3.8) is 0 Å². The summed E-state index contributed by atoms with van der Waals surface area (Å²) in [7, 11) is 0. The van der Waals surface area contributed by atoms with Crippen molar-refractivity contribution >= 4 is 0 Å². The molecule has 0 unspecified atom stereocenters. The second-order valence-electron chi connectivity index (χ2n) is 2.53. The first-order chi connectivity index (χ1) is 4.66. The molecule has 0 bridgehead atoms. The highest BCUT2D eigenvalue weighted by Crippen LogP contribution is 2.19. The molecule has 4 N–H and O–H groups in total. The van der Waals surface area contributed by atoms with E-state index in [0.29, 0.717) is 6.42 Å². The van der Waals surface area contributed by atoms with E-state index >= 15 is 0 Å². The summed E-state index contributed by atoms with van der Waals surface area (Å²) in [6.45, 7) is 1.87. The summed E-state index contributed by atoms with van der Waals surface area (Å²) >= 11 is 0. The predicted molar refractivity (Wildman–Crippen MR) is 35.2 cm³/mol. The Balaban J connectivity index is 2.53. The first kappa shape index (κ1) is 7.94. The quantitative estimate of drug-likeness (QED) is 0.435. The molecule has 4 heteroatoms. The normalized spacial score (nSPS) is 48.0. The highest BCUT2D eigenvalue weighted by atomic mass is 16.6. The minimum atomic E-state index is -0.926. The zero-order valence-corrected chi connectivity index (χ0v) is 5.90. The standard InChI is InChI=1S/C6H13NO3/c1-2-3-4(8)5(9)6(7)10-3/h3-6,8-9H,2,7H2,1H3/t3-,4-,5-,6-/m1/s1. The van der Waals surface area contributed by atoms with Crippen molar-refractivity contribution in [3.8, 4) is 0 Å². The second-order valence-corrected chi connectivity index (χ2v) is 2.53. The van der Waals surface area contributed by atoms with Gasteiger partial charge in [-0.25, -0.2) is 0 Å². The third-order valence-corrected chi connectivity index (χ3v) is 1.80. The zero-order valence-electron chi connectivity index (χ0n) is 5.90. The molecule has 0 aliphatic carbocycles. The molecule has 4 atom stereocenters. The Kier molecular flexibility index (Phi) is 2.25. The van der Waals surface area contributed by atoms with Crippen LogP contribution in [0, 0.1) is 0 Å². The first-order valence-electron chi connectivity index (χ1n) is 3.44. The Morgan fingerprint density at radius 2 is 2.00 bits per heavy atom. The van der Waals surface area contributed by atoms with Crippen molar-refractivity contribution in [3.05, 3.63) is 0 Å². The molecule has 0 aromatic rings. The van der Waals surface area contributed by atoms with Crippen molar-refractivity contribution in [2.24, 2.45) is 5.73 Å². The number of hydrogen-bond acceptors (Lipinski definition) is 4. The van der Waals surface area contributed by atoms with Gasteiger partial charge in [-0.05, 0) is 6.42 Å². The smallest absolute Gasteiger partial charge is 0.135 e. The largest absolute Gasteiger partial charge is 0.388 e. The summed E-state index contributed by atoms with van der Waals surface area (Å²) in [6.07, 6.45) is -2.10. The van der Waals surface area contributed by atoms with Gasteiger partial charge in [0.25, 0.3) is 0 Å². The summed E-state index contributed by atoms with van der Waals surface area (Å²) in [4.78, 5) is 0. The average molecular weight is 147 g/mol. The molecule has 0 spiro atoms. The van der Waals surface area contributed by atoms with Crippen molar-refractivity contribution in [1.29, 1.82) is 0 Å². The molecule has 0 aromatic heterocycles. The van der Waals surface area contributed by atoms with Gasteiger partial charge < -0.3 is 20.7 Å². The molecule has 1 saturated heterocycles. The molecule has 1 aliphatic heterocycles. The molecule has 60 valence electrons. The van der Waals surface area contributed by atoms with Gasteiger partial charge in [-0.3, -0.25) is 0 Å². The topological polar surface area (TPSA) is 75.7 Å². The molecule has 10 heavy (non-hydrogen) atoms. The van der Waals surface area contributed by atoms with Crippen LogP contribution in [0.15, 0.2) is 0 Å². The Morgan fingerprint density at radius 3 is 2.20 bits per heavy atom. The van der Waals surface area contributed by atoms with E-state index in [1.807, 2.05) is 6.92 Å². The van der Waals surface area contributed by atoms with Gasteiger partial charge in [0.15, 0.2) is 0 Å². The minimum Gasteiger partial charge on any atom is -0.388 e. The van der Waals surface area contributed by atoms with E-state index in [0.717, 1.165) is 0 Å². The van der Waals surface area contributed by atoms with Crippen LogP contribution in [0.2, 0.25) is 0 Å². The molecule has 0 radical (unpaired) electrons. The van der Waals surface area contributed by atoms with Gasteiger partial charge in [0.1, 0.15) is 18.4 Å². The van der Waals surface area contributed by atoms with Crippen LogP contribution in [0.1, 0.15) is 13.3 Å². The highest BCUT2D eigenvalue weighted by molar-refractivity contribution is 4.86. The lowest BCUT2D eigenvalue weighted by Crippen LogP contribution is -2.36. The van der Waals surface area contributed by atoms with Gasteiger partial charge in [-0.15, -0.1) is 0 Å². The van der Waals surface area contributed by atoms with Crippen molar-refractivity contribution in [2.45, 2.75) is 37.9 Å². The monoisotopic (exact) mass is 147 g/mol. The summed E-state index contributed by atoms with van der Waals surface area (Å²) in [5, 5.41) is 18.2. The summed E-state index contributed by atoms with van der Waals surface area (Å²) in [5.74, 6) is 0. The zero-order chi connectivity index (χ0) is 7.72. The highest BCUT2D eigenvalue weighted by Gasteiger charge is 2.39. The van der Waals surface area contributed by atoms with Crippen LogP contribution in [0.25, 0.3) is 0 Å². The molecular formula is C6H13NO3. The van der Waals surface area contributed by atoms with E-state index in [-0.39, 0.29) is 6.10 Å². The maximum atomic E-state index is 9.17. The lowest BCUT2D eigenvalue weighted by molar-refractivity contribution is 0.00986. The number of rotatable bonds is 1. The molecular weight excluding hydrogens is 134 g/mol. The van der Waals surface area contributed by atoms with E-state index in [2.05, 4.69) is 0 Å². The Hall–Kier alpha value is -0.160. The van der Waals surface area contributed by atoms with Crippen LogP contribution in [-0.2, 0) is 4.74 Å². The molecule has 4 nitrogen and oxygen atoms in total. The molecule has 1 heterocycles. The fraction of sp³-hybridized carbons (Fsp3) is 1.00. The molecule has 1 aliphatic rings. The maximum absolute atomic E-state index is 9.17. The minimum absolute atomic E-state index is 0.301. The maximum Gasteiger partial charge on any atom is 0.135 e. The van der Waals surface area contributed by atoms with Crippen LogP contribution in [0.3, 0.4) is 0 Å². The van der Waals surface area contributed by atoms with Gasteiger partial charge in [-0.1, -0.05) is 6.92 Å². The van der Waals surface area contributed by atoms with Gasteiger partial charge in [0.05, 0.1) is 6.10 Å². The number of aliphatic hydroxyl groups excluding tert-OH is 2. The van der Waals surface area contributed by atoms with E-state index in [1.54, 1.807) is 0 Å². The van der Waals surface area contributed by atoms with E-state index in [1.165, 1.54) is 0 Å². The van der Waals surface area contributed by atoms with Crippen molar-refractivity contribution < 1.29 is 14.9 Å². The third kappa shape index (κ3) is 1.15. The summed E-state index contributed by atoms with van der Waals surface area (Å²) in [6, 6.07) is 0. The first-order valence-corrected chi connectivity index (χ1v) is 3.44. The van der Waals surface area contributed by atoms with E-state index in [4.69, 9.17) is 15.6 Å². The van der Waals surface area contributed by atoms with Crippen LogP contribution < -0.4 is 5.73 Å². The third-order valence-electron chi connectivity index (χ3n) is 1.80. The fourth-order valence-electron chi connectivity index (χ4n) is 1.11. The SMILES string of the molecule is CC[C@H]1O[C@@H](N)[C@H](O)[C@@H]1O. The molecule has 0 saturated carbocycles. The van der Waals surface area contributed by atoms with Gasteiger partial charge in [-0.2, -0.15) is 0 Å². The Morgan fingerprint density at radius 1 is 1.40 bits per heavy atom. The fourth-order valence-corrected chi connectivity index (χ4v) is 1.11. The lowest BCUT2D eigenvalue weighted by Gasteiger charge is -2.10. The second kappa shape index (κ2) is 2.84. The number of aliphatic hydroxyl groups is 2. The molecule has 0 amide bonds. The summed E-state index contributed by atoms with van der Waals surface area (Å²) in [5.41, 5.74) is 5.30. The van der Waals surface area contributed by atoms with E-state index in [9.17, 15) is 5.11 Å². The Bertz CT molecular complexity index is 120. The van der Waals surface area contributed by atoms with Crippen LogP contribution >= 0.6 is 0 Å². The number of nitrogens with two attached hydrogens (primary N) is 1. The van der Waals surface area contributed by atoms with Gasteiger partial charge in [0.2, 0.25) is 0 Å². The van der Waals surface area contributed by atoms with Crippen LogP contribution in [0.5, 0.6) is 0 Å². The van der Waals surface area contributed by atoms with Gasteiger partial charge in [0, 0.05) is 0 Å². The van der Waals surface area contributed by atoms with Crippen molar-refractivity contribution in [1.82, 2.24) is 0 Å². The number of hydrogen-bond donors (Lipinski definition) is 3. The van der Waals surface area contributed by atoms with Crippen LogP contribution in [0.4, 0.5) is 0 Å².